The molecule has 0 radical (unpaired) electrons. The van der Waals surface area contributed by atoms with Gasteiger partial charge in [0.05, 0.1) is 31.2 Å². The number of hydrogen-bond acceptors (Lipinski definition) is 6. The molecule has 2 aromatic rings. The number of benzene rings is 2. The monoisotopic (exact) mass is 578 g/mol. The molecule has 4 saturated carbocycles. The summed E-state index contributed by atoms with van der Waals surface area (Å²) in [5, 5.41) is 11.8. The molecular formula is C34H46O6Si. The second kappa shape index (κ2) is 12.0. The molecule has 4 aliphatic carbocycles. The van der Waals surface area contributed by atoms with Crippen molar-refractivity contribution in [3.05, 3.63) is 60.7 Å². The smallest absolute Gasteiger partial charge is 0.309 e. The van der Waals surface area contributed by atoms with Crippen LogP contribution in [0, 0.1) is 35.5 Å². The van der Waals surface area contributed by atoms with Crippen LogP contribution < -0.4 is 10.4 Å². The number of hydrogen-bond donors (Lipinski definition) is 1. The summed E-state index contributed by atoms with van der Waals surface area (Å²) < 4.78 is 17.4. The first-order valence-electron chi connectivity index (χ1n) is 15.4. The number of aliphatic hydroxyl groups is 1. The van der Waals surface area contributed by atoms with Crippen LogP contribution in [-0.4, -0.2) is 50.8 Å². The molecule has 0 saturated heterocycles. The van der Waals surface area contributed by atoms with E-state index in [-0.39, 0.29) is 41.0 Å². The van der Waals surface area contributed by atoms with E-state index in [0.717, 1.165) is 25.7 Å². The summed E-state index contributed by atoms with van der Waals surface area (Å²) in [7, 11) is -2.50. The Morgan fingerprint density at radius 1 is 0.732 bits per heavy atom. The van der Waals surface area contributed by atoms with Gasteiger partial charge in [0.25, 0.3) is 8.32 Å². The van der Waals surface area contributed by atoms with Crippen LogP contribution in [0.5, 0.6) is 0 Å². The quantitative estimate of drug-likeness (QED) is 0.361. The van der Waals surface area contributed by atoms with Gasteiger partial charge in [0.15, 0.2) is 0 Å². The first-order chi connectivity index (χ1) is 19.6. The second-order valence-corrected chi connectivity index (χ2v) is 17.5. The van der Waals surface area contributed by atoms with E-state index in [4.69, 9.17) is 13.9 Å². The molecule has 0 aromatic heterocycles. The lowest BCUT2D eigenvalue weighted by Gasteiger charge is -2.45. The van der Waals surface area contributed by atoms with Gasteiger partial charge in [-0.25, -0.2) is 0 Å². The molecule has 7 heteroatoms. The number of rotatable bonds is 8. The lowest BCUT2D eigenvalue weighted by molar-refractivity contribution is -0.146. The molecule has 6 nitrogen and oxygen atoms in total. The van der Waals surface area contributed by atoms with Crippen molar-refractivity contribution in [1.82, 2.24) is 0 Å². The average molecular weight is 579 g/mol. The molecule has 6 rings (SSSR count). The average Bonchev–Trinajstić information content (AvgIpc) is 3.69. The third kappa shape index (κ3) is 5.91. The number of ether oxygens (including phenoxy) is 2. The SMILES string of the molecule is CCOC(=O)C1C2CC(O)CC21.CCOC(=O)C1C2CC(O[Si](c3ccccc3)(c3ccccc3)C(C)(C)C)CC21. The molecule has 0 aliphatic heterocycles. The van der Waals surface area contributed by atoms with Crippen molar-refractivity contribution in [3.8, 4) is 0 Å². The zero-order valence-electron chi connectivity index (χ0n) is 25.1. The predicted molar refractivity (Wildman–Crippen MR) is 161 cm³/mol. The van der Waals surface area contributed by atoms with Crippen LogP contribution >= 0.6 is 0 Å². The summed E-state index contributed by atoms with van der Waals surface area (Å²) >= 11 is 0. The molecule has 4 aliphatic rings. The summed E-state index contributed by atoms with van der Waals surface area (Å²) in [6.07, 6.45) is 3.59. The van der Waals surface area contributed by atoms with Crippen LogP contribution in [0.2, 0.25) is 5.04 Å². The minimum absolute atomic E-state index is 0.00796. The lowest BCUT2D eigenvalue weighted by Crippen LogP contribution is -2.67. The number of fused-ring (bicyclic) bond motifs is 2. The van der Waals surface area contributed by atoms with Crippen molar-refractivity contribution in [2.75, 3.05) is 13.2 Å². The molecule has 0 amide bonds. The van der Waals surface area contributed by atoms with Crippen LogP contribution in [0.25, 0.3) is 0 Å². The Kier molecular flexibility index (Phi) is 8.79. The number of carbonyl (C=O) groups is 2. The van der Waals surface area contributed by atoms with Crippen molar-refractivity contribution in [3.63, 3.8) is 0 Å². The van der Waals surface area contributed by atoms with Gasteiger partial charge in [-0.3, -0.25) is 9.59 Å². The molecule has 2 aromatic carbocycles. The molecule has 0 spiro atoms. The van der Waals surface area contributed by atoms with Crippen LogP contribution in [-0.2, 0) is 23.5 Å². The van der Waals surface area contributed by atoms with Gasteiger partial charge in [-0.15, -0.1) is 0 Å². The van der Waals surface area contributed by atoms with E-state index >= 15 is 0 Å². The van der Waals surface area contributed by atoms with E-state index in [1.54, 1.807) is 0 Å². The van der Waals surface area contributed by atoms with Crippen LogP contribution in [0.3, 0.4) is 0 Å². The van der Waals surface area contributed by atoms with E-state index in [9.17, 15) is 14.7 Å². The summed E-state index contributed by atoms with van der Waals surface area (Å²) in [6, 6.07) is 21.6. The molecule has 0 heterocycles. The maximum absolute atomic E-state index is 12.2. The fourth-order valence-electron chi connectivity index (χ4n) is 7.82. The Morgan fingerprint density at radius 2 is 1.12 bits per heavy atom. The highest BCUT2D eigenvalue weighted by Crippen LogP contribution is 2.59. The zero-order valence-corrected chi connectivity index (χ0v) is 26.1. The largest absolute Gasteiger partial charge is 0.466 e. The normalized spacial score (nSPS) is 31.3. The Bertz CT molecular complexity index is 1130. The Balaban J connectivity index is 0.000000234. The van der Waals surface area contributed by atoms with Crippen molar-refractivity contribution in [1.29, 1.82) is 0 Å². The third-order valence-corrected chi connectivity index (χ3v) is 14.8. The van der Waals surface area contributed by atoms with Crippen molar-refractivity contribution >= 4 is 30.6 Å². The Morgan fingerprint density at radius 3 is 1.49 bits per heavy atom. The standard InChI is InChI=1S/C25H32O3Si.C9H14O3/c1-5-27-24(26)23-21-16-18(17-22(21)23)28-29(25(2,3)4,19-12-8-6-9-13-19)20-14-10-7-11-15-20;1-2-12-9(11)8-6-3-5(10)4-7(6)8/h6-15,18,21-23H,5,16-17H2,1-4H3;5-8,10H,2-4H2,1H3. The maximum Gasteiger partial charge on any atom is 0.309 e. The molecule has 4 unspecified atom stereocenters. The molecule has 4 fully saturated rings. The van der Waals surface area contributed by atoms with Gasteiger partial charge in [-0.1, -0.05) is 81.4 Å². The van der Waals surface area contributed by atoms with Crippen LogP contribution in [0.15, 0.2) is 60.7 Å². The van der Waals surface area contributed by atoms with Gasteiger partial charge >= 0.3 is 11.9 Å². The van der Waals surface area contributed by atoms with Gasteiger partial charge < -0.3 is 19.0 Å². The molecule has 222 valence electrons. The molecular weight excluding hydrogens is 532 g/mol. The van der Waals surface area contributed by atoms with Crippen molar-refractivity contribution in [2.45, 2.75) is 77.5 Å². The van der Waals surface area contributed by atoms with Crippen molar-refractivity contribution < 1.29 is 28.6 Å². The zero-order chi connectivity index (χ0) is 29.4. The lowest BCUT2D eigenvalue weighted by atomic mass is 10.1. The first-order valence-corrected chi connectivity index (χ1v) is 17.3. The Hall–Kier alpha value is -2.48. The molecule has 41 heavy (non-hydrogen) atoms. The highest BCUT2D eigenvalue weighted by molar-refractivity contribution is 6.99. The summed E-state index contributed by atoms with van der Waals surface area (Å²) in [4.78, 5) is 23.4. The predicted octanol–water partition coefficient (Wildman–Crippen LogP) is 4.72. The minimum Gasteiger partial charge on any atom is -0.466 e. The van der Waals surface area contributed by atoms with E-state index in [1.807, 2.05) is 13.8 Å². The van der Waals surface area contributed by atoms with E-state index < -0.39 is 8.32 Å². The number of carbonyl (C=O) groups excluding carboxylic acids is 2. The highest BCUT2D eigenvalue weighted by Gasteiger charge is 2.63. The van der Waals surface area contributed by atoms with E-state index in [0.29, 0.717) is 36.9 Å². The number of aliphatic hydroxyl groups excluding tert-OH is 1. The van der Waals surface area contributed by atoms with Gasteiger partial charge in [-0.05, 0) is 78.6 Å². The van der Waals surface area contributed by atoms with Crippen molar-refractivity contribution in [2.24, 2.45) is 35.5 Å². The number of esters is 2. The Labute approximate surface area is 245 Å². The minimum atomic E-state index is -2.50. The van der Waals surface area contributed by atoms with Gasteiger partial charge in [0.2, 0.25) is 0 Å². The first kappa shape index (κ1) is 30.0. The summed E-state index contributed by atoms with van der Waals surface area (Å²) in [5.41, 5.74) is 0. The van der Waals surface area contributed by atoms with E-state index in [2.05, 4.69) is 81.4 Å². The molecule has 0 bridgehead atoms. The van der Waals surface area contributed by atoms with E-state index in [1.165, 1.54) is 10.4 Å². The van der Waals surface area contributed by atoms with Crippen LogP contribution in [0.1, 0.15) is 60.3 Å². The third-order valence-electron chi connectivity index (χ3n) is 9.70. The van der Waals surface area contributed by atoms with Crippen LogP contribution in [0.4, 0.5) is 0 Å². The second-order valence-electron chi connectivity index (χ2n) is 13.2. The highest BCUT2D eigenvalue weighted by atomic mass is 28.4. The van der Waals surface area contributed by atoms with Gasteiger partial charge in [-0.2, -0.15) is 0 Å². The topological polar surface area (TPSA) is 82.1 Å². The summed E-state index contributed by atoms with van der Waals surface area (Å²) in [5.74, 6) is 1.90. The van der Waals surface area contributed by atoms with Gasteiger partial charge in [0, 0.05) is 6.10 Å². The fraction of sp³-hybridized carbons (Fsp3) is 0.588. The summed E-state index contributed by atoms with van der Waals surface area (Å²) in [6.45, 7) is 11.6. The van der Waals surface area contributed by atoms with Gasteiger partial charge in [0.1, 0.15) is 0 Å². The molecule has 1 N–H and O–H groups in total. The maximum atomic E-state index is 12.2. The fourth-order valence-corrected chi connectivity index (χ4v) is 12.5. The molecule has 4 atom stereocenters.